The molecule has 2 N–H and O–H groups in total. The second-order valence-corrected chi connectivity index (χ2v) is 6.57. The molecule has 1 aliphatic carbocycles. The van der Waals surface area contributed by atoms with Crippen molar-refractivity contribution in [3.63, 3.8) is 0 Å². The van der Waals surface area contributed by atoms with Crippen LogP contribution >= 0.6 is 0 Å². The van der Waals surface area contributed by atoms with Crippen molar-refractivity contribution >= 4 is 5.82 Å². The Morgan fingerprint density at radius 3 is 2.65 bits per heavy atom. The molecule has 0 fully saturated rings. The van der Waals surface area contributed by atoms with Crippen LogP contribution in [0.5, 0.6) is 0 Å². The molecule has 0 bridgehead atoms. The van der Waals surface area contributed by atoms with Crippen LogP contribution in [0.4, 0.5) is 5.82 Å². The molecule has 1 aliphatic rings. The molecule has 0 saturated heterocycles. The van der Waals surface area contributed by atoms with E-state index in [9.17, 15) is 5.11 Å². The maximum absolute atomic E-state index is 10.7. The minimum Gasteiger partial charge on any atom is -0.385 e. The van der Waals surface area contributed by atoms with Crippen molar-refractivity contribution in [2.24, 2.45) is 0 Å². The van der Waals surface area contributed by atoms with E-state index in [-0.39, 0.29) is 0 Å². The average Bonchev–Trinajstić information content (AvgIpc) is 2.55. The predicted molar refractivity (Wildman–Crippen MR) is 92.5 cm³/mol. The minimum atomic E-state index is -0.837. The summed E-state index contributed by atoms with van der Waals surface area (Å²) >= 11 is 0. The summed E-state index contributed by atoms with van der Waals surface area (Å²) < 4.78 is 0. The van der Waals surface area contributed by atoms with Crippen molar-refractivity contribution < 1.29 is 5.11 Å². The fourth-order valence-corrected chi connectivity index (χ4v) is 3.23. The van der Waals surface area contributed by atoms with Gasteiger partial charge in [-0.25, -0.2) is 9.97 Å². The number of aryl methyl sites for hydroxylation is 2. The fourth-order valence-electron chi connectivity index (χ4n) is 3.23. The van der Waals surface area contributed by atoms with Crippen LogP contribution in [0, 0.1) is 6.92 Å². The van der Waals surface area contributed by atoms with E-state index in [1.165, 1.54) is 24.1 Å². The topological polar surface area (TPSA) is 58.0 Å². The molecule has 0 aliphatic heterocycles. The van der Waals surface area contributed by atoms with Gasteiger partial charge in [-0.1, -0.05) is 30.3 Å². The molecule has 1 aromatic carbocycles. The predicted octanol–water partition coefficient (Wildman–Crippen LogP) is 3.37. The van der Waals surface area contributed by atoms with Crippen molar-refractivity contribution in [2.75, 3.05) is 11.9 Å². The Morgan fingerprint density at radius 2 is 1.87 bits per heavy atom. The Balaban J connectivity index is 1.68. The highest BCUT2D eigenvalue weighted by atomic mass is 16.3. The summed E-state index contributed by atoms with van der Waals surface area (Å²) in [5.74, 6) is 1.78. The van der Waals surface area contributed by atoms with Crippen molar-refractivity contribution in [1.29, 1.82) is 0 Å². The zero-order valence-corrected chi connectivity index (χ0v) is 14.0. The monoisotopic (exact) mass is 311 g/mol. The molecule has 1 unspecified atom stereocenters. The zero-order chi connectivity index (χ0) is 16.3. The van der Waals surface area contributed by atoms with Crippen molar-refractivity contribution in [3.05, 3.63) is 53.0 Å². The Hall–Kier alpha value is -1.94. The molecule has 0 spiro atoms. The van der Waals surface area contributed by atoms with Crippen LogP contribution in [0.3, 0.4) is 0 Å². The highest BCUT2D eigenvalue weighted by Crippen LogP contribution is 2.27. The summed E-state index contributed by atoms with van der Waals surface area (Å²) in [5.41, 5.74) is 2.57. The molecular weight excluding hydrogens is 286 g/mol. The van der Waals surface area contributed by atoms with Crippen molar-refractivity contribution in [2.45, 2.75) is 51.6 Å². The molecule has 1 atom stereocenters. The van der Waals surface area contributed by atoms with Crippen molar-refractivity contribution in [1.82, 2.24) is 9.97 Å². The lowest BCUT2D eigenvalue weighted by atomic mass is 9.92. The summed E-state index contributed by atoms with van der Waals surface area (Å²) in [4.78, 5) is 9.15. The summed E-state index contributed by atoms with van der Waals surface area (Å²) in [6.45, 7) is 4.50. The molecule has 4 nitrogen and oxygen atoms in total. The van der Waals surface area contributed by atoms with Gasteiger partial charge in [0.1, 0.15) is 11.6 Å². The van der Waals surface area contributed by atoms with E-state index in [1.807, 2.05) is 44.2 Å². The molecule has 23 heavy (non-hydrogen) atoms. The molecule has 3 rings (SSSR count). The lowest BCUT2D eigenvalue weighted by molar-refractivity contribution is 0.0515. The Labute approximate surface area is 138 Å². The molecule has 122 valence electrons. The first-order chi connectivity index (χ1) is 11.1. The number of benzene rings is 1. The SMILES string of the molecule is Cc1nc2c(c(NCCC(C)(O)c3ccccc3)n1)CCCC2. The van der Waals surface area contributed by atoms with Gasteiger partial charge in [-0.2, -0.15) is 0 Å². The lowest BCUT2D eigenvalue weighted by Gasteiger charge is -2.25. The number of hydrogen-bond acceptors (Lipinski definition) is 4. The number of hydrogen-bond donors (Lipinski definition) is 2. The van der Waals surface area contributed by atoms with E-state index in [0.717, 1.165) is 30.0 Å². The Morgan fingerprint density at radius 1 is 1.13 bits per heavy atom. The van der Waals surface area contributed by atoms with Crippen LogP contribution in [0.15, 0.2) is 30.3 Å². The number of anilines is 1. The molecular formula is C19H25N3O. The summed E-state index contributed by atoms with van der Waals surface area (Å²) in [5, 5.41) is 14.1. The van der Waals surface area contributed by atoms with E-state index in [0.29, 0.717) is 13.0 Å². The maximum atomic E-state index is 10.7. The van der Waals surface area contributed by atoms with Crippen LogP contribution < -0.4 is 5.32 Å². The normalized spacial score (nSPS) is 16.5. The lowest BCUT2D eigenvalue weighted by Crippen LogP contribution is -2.25. The Bertz CT molecular complexity index is 668. The van der Waals surface area contributed by atoms with Gasteiger partial charge < -0.3 is 10.4 Å². The number of nitrogens with one attached hydrogen (secondary N) is 1. The first kappa shape index (κ1) is 15.9. The van der Waals surface area contributed by atoms with Gasteiger partial charge >= 0.3 is 0 Å². The number of aliphatic hydroxyl groups is 1. The molecule has 0 amide bonds. The number of aromatic nitrogens is 2. The highest BCUT2D eigenvalue weighted by Gasteiger charge is 2.23. The van der Waals surface area contributed by atoms with Gasteiger partial charge in [-0.15, -0.1) is 0 Å². The first-order valence-electron chi connectivity index (χ1n) is 8.44. The maximum Gasteiger partial charge on any atom is 0.133 e. The number of rotatable bonds is 5. The number of nitrogens with zero attached hydrogens (tertiary/aromatic N) is 2. The zero-order valence-electron chi connectivity index (χ0n) is 14.0. The van der Waals surface area contributed by atoms with Crippen molar-refractivity contribution in [3.8, 4) is 0 Å². The standard InChI is InChI=1S/C19H25N3O/c1-14-21-17-11-7-6-10-16(17)18(22-14)20-13-12-19(2,23)15-8-4-3-5-9-15/h3-5,8-9,23H,6-7,10-13H2,1-2H3,(H,20,21,22). The van der Waals surface area contributed by atoms with Gasteiger partial charge in [0.2, 0.25) is 0 Å². The minimum absolute atomic E-state index is 0.634. The molecule has 4 heteroatoms. The van der Waals surface area contributed by atoms with Gasteiger partial charge in [0, 0.05) is 17.8 Å². The summed E-state index contributed by atoms with van der Waals surface area (Å²) in [7, 11) is 0. The third kappa shape index (κ3) is 3.70. The first-order valence-corrected chi connectivity index (χ1v) is 8.44. The molecule has 0 saturated carbocycles. The second kappa shape index (κ2) is 6.67. The van der Waals surface area contributed by atoms with Gasteiger partial charge in [-0.3, -0.25) is 0 Å². The van der Waals surface area contributed by atoms with Crippen LogP contribution in [-0.2, 0) is 18.4 Å². The smallest absolute Gasteiger partial charge is 0.133 e. The quantitative estimate of drug-likeness (QED) is 0.889. The van der Waals surface area contributed by atoms with Gasteiger partial charge in [-0.05, 0) is 51.5 Å². The molecule has 0 radical (unpaired) electrons. The summed E-state index contributed by atoms with van der Waals surface area (Å²) in [6, 6.07) is 9.82. The van der Waals surface area contributed by atoms with Gasteiger partial charge in [0.05, 0.1) is 5.60 Å². The third-order valence-electron chi connectivity index (χ3n) is 4.59. The van der Waals surface area contributed by atoms with Gasteiger partial charge in [0.15, 0.2) is 0 Å². The average molecular weight is 311 g/mol. The van der Waals surface area contributed by atoms with E-state index in [1.54, 1.807) is 0 Å². The van der Waals surface area contributed by atoms with Gasteiger partial charge in [0.25, 0.3) is 0 Å². The van der Waals surface area contributed by atoms with Crippen LogP contribution in [0.1, 0.15) is 48.8 Å². The molecule has 1 heterocycles. The number of fused-ring (bicyclic) bond motifs is 1. The summed E-state index contributed by atoms with van der Waals surface area (Å²) in [6.07, 6.45) is 5.15. The second-order valence-electron chi connectivity index (χ2n) is 6.57. The fraction of sp³-hybridized carbons (Fsp3) is 0.474. The van der Waals surface area contributed by atoms with Crippen LogP contribution in [-0.4, -0.2) is 21.6 Å². The van der Waals surface area contributed by atoms with E-state index < -0.39 is 5.60 Å². The molecule has 2 aromatic rings. The van der Waals surface area contributed by atoms with E-state index in [4.69, 9.17) is 0 Å². The third-order valence-corrected chi connectivity index (χ3v) is 4.59. The van der Waals surface area contributed by atoms with E-state index in [2.05, 4.69) is 15.3 Å². The largest absolute Gasteiger partial charge is 0.385 e. The van der Waals surface area contributed by atoms with Crippen LogP contribution in [0.25, 0.3) is 0 Å². The van der Waals surface area contributed by atoms with E-state index >= 15 is 0 Å². The highest BCUT2D eigenvalue weighted by molar-refractivity contribution is 5.47. The van der Waals surface area contributed by atoms with Crippen LogP contribution in [0.2, 0.25) is 0 Å². The molecule has 1 aromatic heterocycles. The Kier molecular flexibility index (Phi) is 4.62.